The Morgan fingerprint density at radius 1 is 1.04 bits per heavy atom. The minimum absolute atomic E-state index is 0.106. The minimum atomic E-state index is -0.106. The van der Waals surface area contributed by atoms with Crippen molar-refractivity contribution in [1.82, 2.24) is 9.88 Å². The second-order valence-corrected chi connectivity index (χ2v) is 7.11. The number of hydrogen-bond donors (Lipinski definition) is 1. The predicted octanol–water partition coefficient (Wildman–Crippen LogP) is 2.77. The Labute approximate surface area is 160 Å². The SMILES string of the molecule is O=C(Nc1cccnc1N1CCOCC1)c1ccc(CN2CCCC2)cc1. The molecule has 0 radical (unpaired) electrons. The Bertz CT molecular complexity index is 766. The first kappa shape index (κ1) is 17.9. The molecule has 6 heteroatoms. The summed E-state index contributed by atoms with van der Waals surface area (Å²) in [5, 5.41) is 3.02. The Hall–Kier alpha value is -2.44. The third-order valence-corrected chi connectivity index (χ3v) is 5.17. The molecule has 2 fully saturated rings. The maximum atomic E-state index is 12.7. The Morgan fingerprint density at radius 3 is 2.52 bits per heavy atom. The summed E-state index contributed by atoms with van der Waals surface area (Å²) in [5.41, 5.74) is 2.66. The Kier molecular flexibility index (Phi) is 5.65. The highest BCUT2D eigenvalue weighted by atomic mass is 16.5. The number of benzene rings is 1. The number of pyridine rings is 1. The smallest absolute Gasteiger partial charge is 0.255 e. The first-order chi connectivity index (χ1) is 13.3. The minimum Gasteiger partial charge on any atom is -0.378 e. The van der Waals surface area contributed by atoms with Crippen LogP contribution in [0.5, 0.6) is 0 Å². The van der Waals surface area contributed by atoms with Gasteiger partial charge in [-0.05, 0) is 55.8 Å². The molecule has 2 aromatic rings. The number of amides is 1. The van der Waals surface area contributed by atoms with Crippen LogP contribution in [0.25, 0.3) is 0 Å². The van der Waals surface area contributed by atoms with Crippen molar-refractivity contribution in [1.29, 1.82) is 0 Å². The van der Waals surface area contributed by atoms with Crippen LogP contribution in [0, 0.1) is 0 Å². The zero-order chi connectivity index (χ0) is 18.5. The summed E-state index contributed by atoms with van der Waals surface area (Å²) >= 11 is 0. The van der Waals surface area contributed by atoms with E-state index in [1.165, 1.54) is 31.5 Å². The molecule has 2 aliphatic heterocycles. The van der Waals surface area contributed by atoms with Gasteiger partial charge in [0.15, 0.2) is 5.82 Å². The van der Waals surface area contributed by atoms with Crippen molar-refractivity contribution in [2.24, 2.45) is 0 Å². The van der Waals surface area contributed by atoms with E-state index < -0.39 is 0 Å². The third kappa shape index (κ3) is 4.46. The van der Waals surface area contributed by atoms with E-state index >= 15 is 0 Å². The summed E-state index contributed by atoms with van der Waals surface area (Å²) in [6.07, 6.45) is 4.34. The van der Waals surface area contributed by atoms with Crippen LogP contribution in [0.15, 0.2) is 42.6 Å². The molecule has 0 spiro atoms. The summed E-state index contributed by atoms with van der Waals surface area (Å²) in [6, 6.07) is 11.7. The molecule has 2 saturated heterocycles. The third-order valence-electron chi connectivity index (χ3n) is 5.17. The van der Waals surface area contributed by atoms with Gasteiger partial charge in [0.25, 0.3) is 5.91 Å². The van der Waals surface area contributed by atoms with Crippen LogP contribution < -0.4 is 10.2 Å². The lowest BCUT2D eigenvalue weighted by Crippen LogP contribution is -2.37. The number of likely N-dealkylation sites (tertiary alicyclic amines) is 1. The van der Waals surface area contributed by atoms with Gasteiger partial charge in [0, 0.05) is 31.4 Å². The van der Waals surface area contributed by atoms with Crippen LogP contribution >= 0.6 is 0 Å². The molecule has 0 aliphatic carbocycles. The van der Waals surface area contributed by atoms with Gasteiger partial charge in [0.05, 0.1) is 18.9 Å². The number of hydrogen-bond acceptors (Lipinski definition) is 5. The molecule has 3 heterocycles. The van der Waals surface area contributed by atoms with Gasteiger partial charge in [-0.2, -0.15) is 0 Å². The van der Waals surface area contributed by atoms with E-state index in [4.69, 9.17) is 4.74 Å². The molecule has 4 rings (SSSR count). The van der Waals surface area contributed by atoms with Gasteiger partial charge < -0.3 is 15.0 Å². The fourth-order valence-corrected chi connectivity index (χ4v) is 3.68. The van der Waals surface area contributed by atoms with E-state index in [1.807, 2.05) is 24.3 Å². The average molecular weight is 366 g/mol. The second kappa shape index (κ2) is 8.50. The molecule has 1 amide bonds. The lowest BCUT2D eigenvalue weighted by Gasteiger charge is -2.29. The molecule has 2 aliphatic rings. The number of aromatic nitrogens is 1. The monoisotopic (exact) mass is 366 g/mol. The molecule has 1 aromatic carbocycles. The van der Waals surface area contributed by atoms with Crippen molar-refractivity contribution in [3.63, 3.8) is 0 Å². The van der Waals surface area contributed by atoms with E-state index in [-0.39, 0.29) is 5.91 Å². The van der Waals surface area contributed by atoms with Crippen LogP contribution in [0.1, 0.15) is 28.8 Å². The molecule has 0 unspecified atom stereocenters. The van der Waals surface area contributed by atoms with Crippen LogP contribution in [-0.2, 0) is 11.3 Å². The molecule has 0 atom stereocenters. The quantitative estimate of drug-likeness (QED) is 0.882. The van der Waals surface area contributed by atoms with Gasteiger partial charge in [-0.15, -0.1) is 0 Å². The summed E-state index contributed by atoms with van der Waals surface area (Å²) in [7, 11) is 0. The number of nitrogens with zero attached hydrogens (tertiary/aromatic N) is 3. The van der Waals surface area contributed by atoms with Crippen molar-refractivity contribution in [3.8, 4) is 0 Å². The molecule has 1 aromatic heterocycles. The predicted molar refractivity (Wildman–Crippen MR) is 106 cm³/mol. The number of carbonyl (C=O) groups excluding carboxylic acids is 1. The molecule has 0 bridgehead atoms. The van der Waals surface area contributed by atoms with Crippen LogP contribution in [0.4, 0.5) is 11.5 Å². The van der Waals surface area contributed by atoms with Crippen molar-refractivity contribution < 1.29 is 9.53 Å². The molecule has 0 saturated carbocycles. The topological polar surface area (TPSA) is 57.7 Å². The second-order valence-electron chi connectivity index (χ2n) is 7.11. The number of morpholine rings is 1. The van der Waals surface area contributed by atoms with Gasteiger partial charge in [-0.3, -0.25) is 9.69 Å². The van der Waals surface area contributed by atoms with Gasteiger partial charge >= 0.3 is 0 Å². The first-order valence-electron chi connectivity index (χ1n) is 9.70. The summed E-state index contributed by atoms with van der Waals surface area (Å²) in [5.74, 6) is 0.699. The maximum absolute atomic E-state index is 12.7. The van der Waals surface area contributed by atoms with Crippen LogP contribution in [-0.4, -0.2) is 55.2 Å². The number of ether oxygens (including phenoxy) is 1. The zero-order valence-electron chi connectivity index (χ0n) is 15.6. The fraction of sp³-hybridized carbons (Fsp3) is 0.429. The Balaban J connectivity index is 1.43. The lowest BCUT2D eigenvalue weighted by atomic mass is 10.1. The van der Waals surface area contributed by atoms with Crippen molar-refractivity contribution in [3.05, 3.63) is 53.7 Å². The summed E-state index contributed by atoms with van der Waals surface area (Å²) < 4.78 is 5.41. The van der Waals surface area contributed by atoms with E-state index in [0.29, 0.717) is 18.8 Å². The standard InChI is InChI=1S/C21H26N4O2/c26-21(18-7-5-17(6-8-18)16-24-10-1-2-11-24)23-19-4-3-9-22-20(19)25-12-14-27-15-13-25/h3-9H,1-2,10-16H2,(H,23,26). The molecule has 27 heavy (non-hydrogen) atoms. The van der Waals surface area contributed by atoms with Gasteiger partial charge in [-0.25, -0.2) is 4.98 Å². The highest BCUT2D eigenvalue weighted by Gasteiger charge is 2.18. The number of nitrogens with one attached hydrogen (secondary N) is 1. The number of carbonyl (C=O) groups is 1. The van der Waals surface area contributed by atoms with E-state index in [2.05, 4.69) is 32.2 Å². The number of rotatable bonds is 5. The van der Waals surface area contributed by atoms with Crippen LogP contribution in [0.3, 0.4) is 0 Å². The van der Waals surface area contributed by atoms with E-state index in [0.717, 1.165) is 31.1 Å². The van der Waals surface area contributed by atoms with Crippen molar-refractivity contribution in [2.45, 2.75) is 19.4 Å². The van der Waals surface area contributed by atoms with Crippen molar-refractivity contribution >= 4 is 17.4 Å². The summed E-state index contributed by atoms with van der Waals surface area (Å²) in [6.45, 7) is 6.24. The normalized spacial score (nSPS) is 17.9. The maximum Gasteiger partial charge on any atom is 0.255 e. The highest BCUT2D eigenvalue weighted by molar-refractivity contribution is 6.05. The van der Waals surface area contributed by atoms with Gasteiger partial charge in [0.1, 0.15) is 0 Å². The molecular formula is C21H26N4O2. The van der Waals surface area contributed by atoms with E-state index in [9.17, 15) is 4.79 Å². The molecular weight excluding hydrogens is 340 g/mol. The van der Waals surface area contributed by atoms with Gasteiger partial charge in [-0.1, -0.05) is 12.1 Å². The molecule has 142 valence electrons. The van der Waals surface area contributed by atoms with Gasteiger partial charge in [0.2, 0.25) is 0 Å². The highest BCUT2D eigenvalue weighted by Crippen LogP contribution is 2.24. The summed E-state index contributed by atoms with van der Waals surface area (Å²) in [4.78, 5) is 21.8. The number of anilines is 2. The molecule has 1 N–H and O–H groups in total. The largest absolute Gasteiger partial charge is 0.378 e. The first-order valence-corrected chi connectivity index (χ1v) is 9.70. The van der Waals surface area contributed by atoms with Crippen molar-refractivity contribution in [2.75, 3.05) is 49.6 Å². The lowest BCUT2D eigenvalue weighted by molar-refractivity contribution is 0.102. The zero-order valence-corrected chi connectivity index (χ0v) is 15.6. The molecule has 6 nitrogen and oxygen atoms in total. The van der Waals surface area contributed by atoms with Crippen LogP contribution in [0.2, 0.25) is 0 Å². The van der Waals surface area contributed by atoms with E-state index in [1.54, 1.807) is 6.20 Å². The Morgan fingerprint density at radius 2 is 1.78 bits per heavy atom. The average Bonchev–Trinajstić information content (AvgIpc) is 3.23. The fourth-order valence-electron chi connectivity index (χ4n) is 3.68.